The van der Waals surface area contributed by atoms with E-state index in [1.54, 1.807) is 24.5 Å². The molecule has 4 aromatic rings. The summed E-state index contributed by atoms with van der Waals surface area (Å²) in [7, 11) is -2.65. The lowest BCUT2D eigenvalue weighted by molar-refractivity contribution is -0.114. The Balaban J connectivity index is 1.52. The van der Waals surface area contributed by atoms with Crippen molar-refractivity contribution in [2.45, 2.75) is 11.3 Å². The maximum absolute atomic E-state index is 13.5. The quantitative estimate of drug-likeness (QED) is 0.358. The van der Waals surface area contributed by atoms with Crippen molar-refractivity contribution in [3.63, 3.8) is 0 Å². The van der Waals surface area contributed by atoms with Crippen LogP contribution in [0.5, 0.6) is 5.75 Å². The van der Waals surface area contributed by atoms with Gasteiger partial charge in [0.25, 0.3) is 10.0 Å². The molecule has 9 heteroatoms. The van der Waals surface area contributed by atoms with E-state index < -0.39 is 28.3 Å². The largest absolute Gasteiger partial charge is 0.497 e. The molecule has 0 fully saturated rings. The highest BCUT2D eigenvalue weighted by Crippen LogP contribution is 2.25. The lowest BCUT2D eigenvalue weighted by atomic mass is 10.1. The van der Waals surface area contributed by atoms with Gasteiger partial charge in [-0.1, -0.05) is 12.1 Å². The van der Waals surface area contributed by atoms with Crippen LogP contribution in [0.25, 0.3) is 0 Å². The number of rotatable bonds is 9. The number of carbonyl (C=O) groups is 1. The van der Waals surface area contributed by atoms with Crippen molar-refractivity contribution in [3.8, 4) is 5.75 Å². The number of sulfonamides is 1. The summed E-state index contributed by atoms with van der Waals surface area (Å²) >= 11 is 0. The van der Waals surface area contributed by atoms with Gasteiger partial charge in [-0.25, -0.2) is 12.8 Å². The number of carbonyl (C=O) groups excluding carboxylic acids is 1. The number of methoxy groups -OCH3 is 1. The molecular weight excluding hydrogens is 481 g/mol. The van der Waals surface area contributed by atoms with Crippen LogP contribution in [0.1, 0.15) is 11.1 Å². The Morgan fingerprint density at radius 3 is 2.11 bits per heavy atom. The first-order chi connectivity index (χ1) is 17.3. The summed E-state index contributed by atoms with van der Waals surface area (Å²) in [6.45, 7) is -0.501. The molecule has 0 aliphatic rings. The zero-order chi connectivity index (χ0) is 25.5. The predicted molar refractivity (Wildman–Crippen MR) is 136 cm³/mol. The molecule has 0 unspecified atom stereocenters. The summed E-state index contributed by atoms with van der Waals surface area (Å²) in [5.74, 6) is -0.567. The van der Waals surface area contributed by atoms with Gasteiger partial charge in [0.15, 0.2) is 0 Å². The van der Waals surface area contributed by atoms with Gasteiger partial charge in [0, 0.05) is 18.1 Å². The minimum absolute atomic E-state index is 0.0270. The average Bonchev–Trinajstić information content (AvgIpc) is 2.89. The molecule has 3 aromatic carbocycles. The van der Waals surface area contributed by atoms with Crippen molar-refractivity contribution in [1.29, 1.82) is 0 Å². The molecule has 0 radical (unpaired) electrons. The Hall–Kier alpha value is -4.24. The Morgan fingerprint density at radius 2 is 1.50 bits per heavy atom. The molecule has 0 aliphatic carbocycles. The molecule has 0 saturated heterocycles. The van der Waals surface area contributed by atoms with E-state index in [-0.39, 0.29) is 10.6 Å². The molecule has 0 aliphatic heterocycles. The number of nitrogens with zero attached hydrogens (tertiary/aromatic N) is 2. The topological polar surface area (TPSA) is 88.6 Å². The smallest absolute Gasteiger partial charge is 0.264 e. The Labute approximate surface area is 209 Å². The lowest BCUT2D eigenvalue weighted by Crippen LogP contribution is -2.38. The van der Waals surface area contributed by atoms with Crippen LogP contribution in [0.4, 0.5) is 15.8 Å². The highest BCUT2D eigenvalue weighted by molar-refractivity contribution is 7.92. The first kappa shape index (κ1) is 24.9. The molecule has 0 bridgehead atoms. The zero-order valence-corrected chi connectivity index (χ0v) is 20.3. The molecule has 1 aromatic heterocycles. The number of aromatic nitrogens is 1. The zero-order valence-electron chi connectivity index (χ0n) is 19.5. The van der Waals surface area contributed by atoms with E-state index in [2.05, 4.69) is 10.3 Å². The van der Waals surface area contributed by atoms with Crippen molar-refractivity contribution in [2.75, 3.05) is 23.3 Å². The van der Waals surface area contributed by atoms with Crippen LogP contribution < -0.4 is 14.4 Å². The second-order valence-corrected chi connectivity index (χ2v) is 9.80. The minimum atomic E-state index is -4.13. The molecule has 1 amide bonds. The number of hydrogen-bond donors (Lipinski definition) is 1. The van der Waals surface area contributed by atoms with Crippen LogP contribution in [0, 0.1) is 5.82 Å². The third-order valence-corrected chi connectivity index (χ3v) is 7.23. The third-order valence-electron chi connectivity index (χ3n) is 5.44. The van der Waals surface area contributed by atoms with Gasteiger partial charge in [0.1, 0.15) is 18.1 Å². The van der Waals surface area contributed by atoms with Crippen LogP contribution >= 0.6 is 0 Å². The van der Waals surface area contributed by atoms with Gasteiger partial charge in [-0.3, -0.25) is 14.1 Å². The predicted octanol–water partition coefficient (Wildman–Crippen LogP) is 4.65. The van der Waals surface area contributed by atoms with Crippen molar-refractivity contribution in [3.05, 3.63) is 114 Å². The van der Waals surface area contributed by atoms with E-state index in [0.717, 1.165) is 34.0 Å². The van der Waals surface area contributed by atoms with Crippen molar-refractivity contribution >= 4 is 27.3 Å². The molecule has 4 rings (SSSR count). The number of ether oxygens (including phenoxy) is 1. The van der Waals surface area contributed by atoms with Crippen molar-refractivity contribution in [1.82, 2.24) is 4.98 Å². The van der Waals surface area contributed by atoms with Crippen LogP contribution in [-0.2, 0) is 21.2 Å². The standard InChI is InChI=1S/C27H24FN3O4S/c1-35-25-10-12-26(13-11-25)36(33,34)31(24-8-4-22(28)5-9-24)19-27(32)30-23-6-2-20(3-7-23)18-21-14-16-29-17-15-21/h2-17H,18-19H2,1H3,(H,30,32). The average molecular weight is 506 g/mol. The number of pyridine rings is 1. The molecule has 0 saturated carbocycles. The number of nitrogens with one attached hydrogen (secondary N) is 1. The summed E-state index contributed by atoms with van der Waals surface area (Å²) in [6.07, 6.45) is 4.18. The van der Waals surface area contributed by atoms with Gasteiger partial charge in [-0.05, 0) is 90.3 Å². The van der Waals surface area contributed by atoms with Gasteiger partial charge in [0.05, 0.1) is 17.7 Å². The fraction of sp³-hybridized carbons (Fsp3) is 0.111. The van der Waals surface area contributed by atoms with E-state index in [9.17, 15) is 17.6 Å². The summed E-state index contributed by atoms with van der Waals surface area (Å²) in [5, 5.41) is 2.74. The Morgan fingerprint density at radius 1 is 0.889 bits per heavy atom. The van der Waals surface area contributed by atoms with Gasteiger partial charge >= 0.3 is 0 Å². The molecular formula is C27H24FN3O4S. The maximum Gasteiger partial charge on any atom is 0.264 e. The molecule has 184 valence electrons. The SMILES string of the molecule is COc1ccc(S(=O)(=O)N(CC(=O)Nc2ccc(Cc3ccncc3)cc2)c2ccc(F)cc2)cc1. The second-order valence-electron chi connectivity index (χ2n) is 7.94. The molecule has 36 heavy (non-hydrogen) atoms. The molecule has 0 spiro atoms. The Kier molecular flexibility index (Phi) is 7.60. The van der Waals surface area contributed by atoms with E-state index in [1.807, 2.05) is 24.3 Å². The minimum Gasteiger partial charge on any atom is -0.497 e. The van der Waals surface area contributed by atoms with Crippen molar-refractivity contribution in [2.24, 2.45) is 0 Å². The van der Waals surface area contributed by atoms with Gasteiger partial charge < -0.3 is 10.1 Å². The molecule has 1 N–H and O–H groups in total. The summed E-state index contributed by atoms with van der Waals surface area (Å²) < 4.78 is 46.4. The molecule has 7 nitrogen and oxygen atoms in total. The normalized spacial score (nSPS) is 11.1. The summed E-state index contributed by atoms with van der Waals surface area (Å²) in [5.41, 5.74) is 2.85. The fourth-order valence-electron chi connectivity index (χ4n) is 3.57. The highest BCUT2D eigenvalue weighted by atomic mass is 32.2. The number of anilines is 2. The summed E-state index contributed by atoms with van der Waals surface area (Å²) in [4.78, 5) is 16.9. The molecule has 1 heterocycles. The van der Waals surface area contributed by atoms with Gasteiger partial charge in [-0.15, -0.1) is 0 Å². The van der Waals surface area contributed by atoms with Gasteiger partial charge in [0.2, 0.25) is 5.91 Å². The third kappa shape index (κ3) is 6.05. The van der Waals surface area contributed by atoms with E-state index >= 15 is 0 Å². The second kappa shape index (κ2) is 11.0. The first-order valence-corrected chi connectivity index (χ1v) is 12.5. The van der Waals surface area contributed by atoms with E-state index in [0.29, 0.717) is 11.4 Å². The van der Waals surface area contributed by atoms with Crippen LogP contribution in [0.3, 0.4) is 0 Å². The highest BCUT2D eigenvalue weighted by Gasteiger charge is 2.27. The molecule has 0 atom stereocenters. The van der Waals surface area contributed by atoms with Crippen molar-refractivity contribution < 1.29 is 22.3 Å². The van der Waals surface area contributed by atoms with Crippen LogP contribution in [-0.4, -0.2) is 33.0 Å². The van der Waals surface area contributed by atoms with Crippen LogP contribution in [0.15, 0.2) is 102 Å². The number of halogens is 1. The van der Waals surface area contributed by atoms with Gasteiger partial charge in [-0.2, -0.15) is 0 Å². The maximum atomic E-state index is 13.5. The number of benzene rings is 3. The number of amides is 1. The fourth-order valence-corrected chi connectivity index (χ4v) is 4.99. The Bertz CT molecular complexity index is 1410. The number of hydrogen-bond acceptors (Lipinski definition) is 5. The summed E-state index contributed by atoms with van der Waals surface area (Å²) in [6, 6.07) is 21.9. The van der Waals surface area contributed by atoms with E-state index in [4.69, 9.17) is 4.74 Å². The van der Waals surface area contributed by atoms with E-state index in [1.165, 1.54) is 43.5 Å². The van der Waals surface area contributed by atoms with Crippen LogP contribution in [0.2, 0.25) is 0 Å². The lowest BCUT2D eigenvalue weighted by Gasteiger charge is -2.24. The first-order valence-electron chi connectivity index (χ1n) is 11.1. The monoisotopic (exact) mass is 505 g/mol.